The Bertz CT molecular complexity index is 663. The van der Waals surface area contributed by atoms with Gasteiger partial charge in [0.2, 0.25) is 0 Å². The van der Waals surface area contributed by atoms with Crippen LogP contribution in [0.1, 0.15) is 57.6 Å². The van der Waals surface area contributed by atoms with Crippen molar-refractivity contribution >= 4 is 17.2 Å². The summed E-state index contributed by atoms with van der Waals surface area (Å²) in [4.78, 5) is 17.3. The maximum absolute atomic E-state index is 12.6. The second kappa shape index (κ2) is 7.11. The van der Waals surface area contributed by atoms with Gasteiger partial charge in [0, 0.05) is 11.4 Å². The van der Waals surface area contributed by atoms with Gasteiger partial charge in [0.25, 0.3) is 5.91 Å². The molecular formula is C19H24N2O2S. The minimum Gasteiger partial charge on any atom is -0.468 e. The third-order valence-electron chi connectivity index (χ3n) is 5.13. The van der Waals surface area contributed by atoms with Crippen molar-refractivity contribution in [1.29, 1.82) is 0 Å². The average Bonchev–Trinajstić information content (AvgIpc) is 3.35. The molecule has 1 N–H and O–H groups in total. The van der Waals surface area contributed by atoms with Crippen molar-refractivity contribution in [3.8, 4) is 0 Å². The van der Waals surface area contributed by atoms with Gasteiger partial charge in [-0.25, -0.2) is 0 Å². The zero-order chi connectivity index (χ0) is 16.4. The van der Waals surface area contributed by atoms with Crippen molar-refractivity contribution in [3.63, 3.8) is 0 Å². The predicted molar refractivity (Wildman–Crippen MR) is 95.6 cm³/mol. The smallest absolute Gasteiger partial charge is 0.261 e. The number of nitrogens with zero attached hydrogens (tertiary/aromatic N) is 1. The number of amides is 1. The molecule has 1 atom stereocenters. The Morgan fingerprint density at radius 2 is 2.08 bits per heavy atom. The molecule has 128 valence electrons. The van der Waals surface area contributed by atoms with E-state index in [1.807, 2.05) is 12.1 Å². The Morgan fingerprint density at radius 1 is 1.25 bits per heavy atom. The molecular weight excluding hydrogens is 320 g/mol. The highest BCUT2D eigenvalue weighted by molar-refractivity contribution is 7.14. The largest absolute Gasteiger partial charge is 0.468 e. The lowest BCUT2D eigenvalue weighted by molar-refractivity contribution is 0.0938. The molecule has 2 aromatic heterocycles. The van der Waals surface area contributed by atoms with Gasteiger partial charge in [0.1, 0.15) is 5.76 Å². The van der Waals surface area contributed by atoms with Crippen LogP contribution in [0, 0.1) is 0 Å². The van der Waals surface area contributed by atoms with E-state index in [0.717, 1.165) is 36.6 Å². The highest BCUT2D eigenvalue weighted by Gasteiger charge is 2.26. The van der Waals surface area contributed by atoms with E-state index in [1.165, 1.54) is 36.1 Å². The molecule has 0 radical (unpaired) electrons. The Hall–Kier alpha value is -1.59. The number of furan rings is 1. The van der Waals surface area contributed by atoms with Gasteiger partial charge in [-0.3, -0.25) is 9.69 Å². The first-order chi connectivity index (χ1) is 11.8. The van der Waals surface area contributed by atoms with Crippen molar-refractivity contribution < 1.29 is 9.21 Å². The molecule has 1 amide bonds. The molecule has 4 rings (SSSR count). The first-order valence-corrected chi connectivity index (χ1v) is 9.80. The van der Waals surface area contributed by atoms with Crippen LogP contribution in [0.3, 0.4) is 0 Å². The van der Waals surface area contributed by atoms with E-state index >= 15 is 0 Å². The van der Waals surface area contributed by atoms with Crippen LogP contribution < -0.4 is 5.32 Å². The lowest BCUT2D eigenvalue weighted by atomic mass is 9.99. The van der Waals surface area contributed by atoms with Crippen molar-refractivity contribution in [2.24, 2.45) is 0 Å². The Kier molecular flexibility index (Phi) is 4.72. The highest BCUT2D eigenvalue weighted by atomic mass is 32.1. The first kappa shape index (κ1) is 15.9. The van der Waals surface area contributed by atoms with Gasteiger partial charge in [0.15, 0.2) is 0 Å². The van der Waals surface area contributed by atoms with E-state index in [0.29, 0.717) is 6.54 Å². The van der Waals surface area contributed by atoms with Crippen LogP contribution in [-0.4, -0.2) is 30.4 Å². The van der Waals surface area contributed by atoms with Crippen LogP contribution in [0.15, 0.2) is 28.9 Å². The number of aryl methyl sites for hydroxylation is 2. The van der Waals surface area contributed by atoms with Gasteiger partial charge in [-0.05, 0) is 75.4 Å². The summed E-state index contributed by atoms with van der Waals surface area (Å²) in [6.07, 6.45) is 8.93. The van der Waals surface area contributed by atoms with Crippen LogP contribution in [0.5, 0.6) is 0 Å². The molecule has 2 aromatic rings. The van der Waals surface area contributed by atoms with E-state index in [2.05, 4.69) is 16.3 Å². The monoisotopic (exact) mass is 344 g/mol. The molecule has 1 saturated heterocycles. The lowest BCUT2D eigenvalue weighted by Crippen LogP contribution is -2.36. The fourth-order valence-electron chi connectivity index (χ4n) is 3.82. The van der Waals surface area contributed by atoms with Crippen LogP contribution in [-0.2, 0) is 12.8 Å². The van der Waals surface area contributed by atoms with Crippen molar-refractivity contribution in [3.05, 3.63) is 45.5 Å². The van der Waals surface area contributed by atoms with Crippen molar-refractivity contribution in [2.75, 3.05) is 19.6 Å². The summed E-state index contributed by atoms with van der Waals surface area (Å²) in [5, 5.41) is 3.14. The molecule has 4 nitrogen and oxygen atoms in total. The van der Waals surface area contributed by atoms with Crippen LogP contribution in [0.4, 0.5) is 0 Å². The van der Waals surface area contributed by atoms with Gasteiger partial charge >= 0.3 is 0 Å². The number of carbonyl (C=O) groups is 1. The number of nitrogens with one attached hydrogen (secondary N) is 1. The third-order valence-corrected chi connectivity index (χ3v) is 6.37. The van der Waals surface area contributed by atoms with Gasteiger partial charge < -0.3 is 9.73 Å². The van der Waals surface area contributed by atoms with E-state index in [9.17, 15) is 4.79 Å². The predicted octanol–water partition coefficient (Wildman–Crippen LogP) is 3.79. The van der Waals surface area contributed by atoms with Gasteiger partial charge in [0.05, 0.1) is 17.2 Å². The maximum atomic E-state index is 12.6. The number of hydrogen-bond donors (Lipinski definition) is 1. The van der Waals surface area contributed by atoms with E-state index in [-0.39, 0.29) is 11.9 Å². The SMILES string of the molecule is O=C(NC[C@H](c1ccco1)N1CCCC1)c1cc2c(s1)CCCC2. The van der Waals surface area contributed by atoms with Gasteiger partial charge in [-0.15, -0.1) is 11.3 Å². The molecule has 0 spiro atoms. The molecule has 0 aromatic carbocycles. The van der Waals surface area contributed by atoms with Gasteiger partial charge in [-0.2, -0.15) is 0 Å². The average molecular weight is 344 g/mol. The quantitative estimate of drug-likeness (QED) is 0.898. The summed E-state index contributed by atoms with van der Waals surface area (Å²) >= 11 is 1.68. The molecule has 0 saturated carbocycles. The molecule has 5 heteroatoms. The van der Waals surface area contributed by atoms with E-state index < -0.39 is 0 Å². The van der Waals surface area contributed by atoms with Crippen LogP contribution in [0.2, 0.25) is 0 Å². The van der Waals surface area contributed by atoms with Crippen molar-refractivity contribution in [1.82, 2.24) is 10.2 Å². The summed E-state index contributed by atoms with van der Waals surface area (Å²) in [6.45, 7) is 2.76. The standard InChI is InChI=1S/C19H24N2O2S/c22-19(18-12-14-6-1-2-8-17(14)24-18)20-13-15(16-7-5-11-23-16)21-9-3-4-10-21/h5,7,11-12,15H,1-4,6,8-10,13H2,(H,20,22)/t15-/m1/s1. The molecule has 3 heterocycles. The van der Waals surface area contributed by atoms with Crippen molar-refractivity contribution in [2.45, 2.75) is 44.6 Å². The fraction of sp³-hybridized carbons (Fsp3) is 0.526. The molecule has 2 aliphatic rings. The van der Waals surface area contributed by atoms with Crippen LogP contribution in [0.25, 0.3) is 0 Å². The number of likely N-dealkylation sites (tertiary alicyclic amines) is 1. The molecule has 0 unspecified atom stereocenters. The number of thiophene rings is 1. The Labute approximate surface area is 146 Å². The second-order valence-corrected chi connectivity index (χ2v) is 7.89. The molecule has 0 bridgehead atoms. The normalized spacial score (nSPS) is 19.2. The molecule has 24 heavy (non-hydrogen) atoms. The van der Waals surface area contributed by atoms with E-state index in [1.54, 1.807) is 17.6 Å². The number of fused-ring (bicyclic) bond motifs is 1. The minimum atomic E-state index is 0.0603. The van der Waals surface area contributed by atoms with E-state index in [4.69, 9.17) is 4.42 Å². The highest BCUT2D eigenvalue weighted by Crippen LogP contribution is 2.30. The topological polar surface area (TPSA) is 45.5 Å². The molecule has 1 fully saturated rings. The number of rotatable bonds is 5. The summed E-state index contributed by atoms with van der Waals surface area (Å²) < 4.78 is 5.62. The third kappa shape index (κ3) is 3.28. The summed E-state index contributed by atoms with van der Waals surface area (Å²) in [6, 6.07) is 6.18. The Morgan fingerprint density at radius 3 is 2.83 bits per heavy atom. The van der Waals surface area contributed by atoms with Crippen LogP contribution >= 0.6 is 11.3 Å². The molecule has 1 aliphatic heterocycles. The Balaban J connectivity index is 1.43. The second-order valence-electron chi connectivity index (χ2n) is 6.75. The number of hydrogen-bond acceptors (Lipinski definition) is 4. The zero-order valence-corrected chi connectivity index (χ0v) is 14.7. The minimum absolute atomic E-state index is 0.0603. The lowest BCUT2D eigenvalue weighted by Gasteiger charge is -2.25. The first-order valence-electron chi connectivity index (χ1n) is 8.98. The summed E-state index contributed by atoms with van der Waals surface area (Å²) in [5.74, 6) is 1.01. The number of carbonyl (C=O) groups excluding carboxylic acids is 1. The maximum Gasteiger partial charge on any atom is 0.261 e. The summed E-state index contributed by atoms with van der Waals surface area (Å²) in [5.41, 5.74) is 1.39. The summed E-state index contributed by atoms with van der Waals surface area (Å²) in [7, 11) is 0. The van der Waals surface area contributed by atoms with Gasteiger partial charge in [-0.1, -0.05) is 0 Å². The zero-order valence-electron chi connectivity index (χ0n) is 13.9. The fourth-order valence-corrected chi connectivity index (χ4v) is 4.99. The molecule has 1 aliphatic carbocycles.